The molecular formula is C12H23NO2. The van der Waals surface area contributed by atoms with Crippen LogP contribution in [0.2, 0.25) is 0 Å². The second-order valence-corrected chi connectivity index (χ2v) is 5.25. The number of esters is 1. The minimum absolute atomic E-state index is 0.0372. The van der Waals surface area contributed by atoms with Gasteiger partial charge in [0.05, 0.1) is 0 Å². The van der Waals surface area contributed by atoms with Crippen LogP contribution >= 0.6 is 0 Å². The summed E-state index contributed by atoms with van der Waals surface area (Å²) in [5, 5.41) is 0. The van der Waals surface area contributed by atoms with Crippen molar-refractivity contribution in [2.75, 3.05) is 6.54 Å². The lowest BCUT2D eigenvalue weighted by atomic mass is 9.84. The van der Waals surface area contributed by atoms with Crippen molar-refractivity contribution in [1.82, 2.24) is 0 Å². The Kier molecular flexibility index (Phi) is 4.58. The topological polar surface area (TPSA) is 52.3 Å². The van der Waals surface area contributed by atoms with E-state index in [2.05, 4.69) is 13.8 Å². The van der Waals surface area contributed by atoms with Gasteiger partial charge < -0.3 is 10.5 Å². The molecule has 2 N–H and O–H groups in total. The number of rotatable bonds is 6. The highest BCUT2D eigenvalue weighted by molar-refractivity contribution is 5.69. The Morgan fingerprint density at radius 3 is 2.53 bits per heavy atom. The molecule has 0 atom stereocenters. The van der Waals surface area contributed by atoms with Gasteiger partial charge in [-0.1, -0.05) is 13.8 Å². The molecule has 0 unspecified atom stereocenters. The summed E-state index contributed by atoms with van der Waals surface area (Å²) in [4.78, 5) is 11.4. The first kappa shape index (κ1) is 12.5. The normalized spacial score (nSPS) is 17.3. The van der Waals surface area contributed by atoms with Crippen LogP contribution in [0.5, 0.6) is 0 Å². The van der Waals surface area contributed by atoms with Crippen LogP contribution in [0.3, 0.4) is 0 Å². The van der Waals surface area contributed by atoms with Gasteiger partial charge in [0.15, 0.2) is 0 Å². The van der Waals surface area contributed by atoms with E-state index in [0.29, 0.717) is 13.0 Å². The van der Waals surface area contributed by atoms with Crippen molar-refractivity contribution < 1.29 is 9.53 Å². The number of ether oxygens (including phenoxy) is 1. The molecule has 1 rings (SSSR count). The molecule has 0 amide bonds. The molecule has 0 aromatic carbocycles. The summed E-state index contributed by atoms with van der Waals surface area (Å²) in [5.41, 5.74) is 5.68. The summed E-state index contributed by atoms with van der Waals surface area (Å²) >= 11 is 0. The van der Waals surface area contributed by atoms with Gasteiger partial charge in [0.2, 0.25) is 0 Å². The molecule has 1 fully saturated rings. The predicted octanol–water partition coefficient (Wildman–Crippen LogP) is 2.24. The zero-order valence-corrected chi connectivity index (χ0v) is 9.92. The Bertz CT molecular complexity index is 210. The van der Waals surface area contributed by atoms with E-state index in [0.717, 1.165) is 25.7 Å². The van der Waals surface area contributed by atoms with Crippen molar-refractivity contribution >= 4 is 5.97 Å². The summed E-state index contributed by atoms with van der Waals surface area (Å²) in [7, 11) is 0. The molecule has 0 aliphatic heterocycles. The predicted molar refractivity (Wildman–Crippen MR) is 60.4 cm³/mol. The van der Waals surface area contributed by atoms with E-state index >= 15 is 0 Å². The number of carbonyl (C=O) groups is 1. The molecule has 0 heterocycles. The van der Waals surface area contributed by atoms with Gasteiger partial charge in [0.25, 0.3) is 0 Å². The molecule has 1 aliphatic carbocycles. The van der Waals surface area contributed by atoms with Crippen molar-refractivity contribution in [2.24, 2.45) is 11.1 Å². The van der Waals surface area contributed by atoms with E-state index in [9.17, 15) is 4.79 Å². The summed E-state index contributed by atoms with van der Waals surface area (Å²) in [6.45, 7) is 4.98. The van der Waals surface area contributed by atoms with Gasteiger partial charge in [-0.05, 0) is 44.1 Å². The van der Waals surface area contributed by atoms with E-state index in [-0.39, 0.29) is 17.5 Å². The van der Waals surface area contributed by atoms with E-state index in [4.69, 9.17) is 10.5 Å². The molecule has 15 heavy (non-hydrogen) atoms. The highest BCUT2D eigenvalue weighted by atomic mass is 16.5. The average molecular weight is 213 g/mol. The first-order valence-corrected chi connectivity index (χ1v) is 5.93. The van der Waals surface area contributed by atoms with Crippen molar-refractivity contribution in [1.29, 1.82) is 0 Å². The molecule has 0 bridgehead atoms. The standard InChI is InChI=1S/C12H23NO2/c1-12(2,8-9-13)7-6-11(14)15-10-4-3-5-10/h10H,3-9,13H2,1-2H3. The lowest BCUT2D eigenvalue weighted by molar-refractivity contribution is -0.153. The van der Waals surface area contributed by atoms with Crippen LogP contribution in [0, 0.1) is 5.41 Å². The van der Waals surface area contributed by atoms with E-state index < -0.39 is 0 Å². The minimum atomic E-state index is -0.0372. The Morgan fingerprint density at radius 2 is 2.07 bits per heavy atom. The molecule has 0 radical (unpaired) electrons. The average Bonchev–Trinajstić information content (AvgIpc) is 2.08. The Labute approximate surface area is 92.4 Å². The number of carbonyl (C=O) groups excluding carboxylic acids is 1. The summed E-state index contributed by atoms with van der Waals surface area (Å²) in [5.74, 6) is -0.0372. The highest BCUT2D eigenvalue weighted by Crippen LogP contribution is 2.27. The summed E-state index contributed by atoms with van der Waals surface area (Å²) in [6, 6.07) is 0. The fraction of sp³-hybridized carbons (Fsp3) is 0.917. The van der Waals surface area contributed by atoms with Crippen LogP contribution in [-0.2, 0) is 9.53 Å². The molecule has 1 aliphatic rings. The van der Waals surface area contributed by atoms with Crippen LogP contribution in [-0.4, -0.2) is 18.6 Å². The van der Waals surface area contributed by atoms with Gasteiger partial charge in [-0.15, -0.1) is 0 Å². The summed E-state index contributed by atoms with van der Waals surface area (Å²) in [6.07, 6.45) is 5.89. The molecule has 88 valence electrons. The second kappa shape index (κ2) is 5.50. The zero-order chi connectivity index (χ0) is 11.3. The maximum absolute atomic E-state index is 11.4. The Morgan fingerprint density at radius 1 is 1.40 bits per heavy atom. The molecule has 0 saturated heterocycles. The molecule has 3 heteroatoms. The second-order valence-electron chi connectivity index (χ2n) is 5.25. The number of nitrogens with two attached hydrogens (primary N) is 1. The third kappa shape index (κ3) is 4.65. The van der Waals surface area contributed by atoms with Crippen LogP contribution in [0.25, 0.3) is 0 Å². The Balaban J connectivity index is 2.14. The van der Waals surface area contributed by atoms with Gasteiger partial charge in [-0.2, -0.15) is 0 Å². The zero-order valence-electron chi connectivity index (χ0n) is 9.92. The maximum Gasteiger partial charge on any atom is 0.306 e. The molecular weight excluding hydrogens is 190 g/mol. The smallest absolute Gasteiger partial charge is 0.306 e. The van der Waals surface area contributed by atoms with Crippen LogP contribution in [0.15, 0.2) is 0 Å². The van der Waals surface area contributed by atoms with Gasteiger partial charge in [-0.25, -0.2) is 0 Å². The Hall–Kier alpha value is -0.570. The fourth-order valence-corrected chi connectivity index (χ4v) is 1.69. The van der Waals surface area contributed by atoms with Gasteiger partial charge in [0, 0.05) is 6.42 Å². The quantitative estimate of drug-likeness (QED) is 0.688. The summed E-state index contributed by atoms with van der Waals surface area (Å²) < 4.78 is 5.29. The van der Waals surface area contributed by atoms with E-state index in [1.807, 2.05) is 0 Å². The monoisotopic (exact) mass is 213 g/mol. The van der Waals surface area contributed by atoms with E-state index in [1.54, 1.807) is 0 Å². The lowest BCUT2D eigenvalue weighted by Gasteiger charge is -2.27. The van der Waals surface area contributed by atoms with Crippen molar-refractivity contribution in [3.63, 3.8) is 0 Å². The van der Waals surface area contributed by atoms with Crippen LogP contribution in [0.4, 0.5) is 0 Å². The molecule has 0 aromatic rings. The van der Waals surface area contributed by atoms with E-state index in [1.165, 1.54) is 6.42 Å². The lowest BCUT2D eigenvalue weighted by Crippen LogP contribution is -2.26. The first-order chi connectivity index (χ1) is 7.03. The third-order valence-corrected chi connectivity index (χ3v) is 3.18. The van der Waals surface area contributed by atoms with Crippen molar-refractivity contribution in [3.8, 4) is 0 Å². The number of hydrogen-bond donors (Lipinski definition) is 1. The SMILES string of the molecule is CC(C)(CCN)CCC(=O)OC1CCC1. The maximum atomic E-state index is 11.4. The van der Waals surface area contributed by atoms with Crippen LogP contribution in [0.1, 0.15) is 52.4 Å². The van der Waals surface area contributed by atoms with Crippen LogP contribution < -0.4 is 5.73 Å². The van der Waals surface area contributed by atoms with Crippen molar-refractivity contribution in [2.45, 2.75) is 58.5 Å². The minimum Gasteiger partial charge on any atom is -0.462 e. The van der Waals surface area contributed by atoms with Gasteiger partial charge in [0.1, 0.15) is 6.10 Å². The molecule has 1 saturated carbocycles. The number of hydrogen-bond acceptors (Lipinski definition) is 3. The van der Waals surface area contributed by atoms with Gasteiger partial charge >= 0.3 is 5.97 Å². The highest BCUT2D eigenvalue weighted by Gasteiger charge is 2.23. The molecule has 0 aromatic heterocycles. The fourth-order valence-electron chi connectivity index (χ4n) is 1.69. The third-order valence-electron chi connectivity index (χ3n) is 3.18. The van der Waals surface area contributed by atoms with Gasteiger partial charge in [-0.3, -0.25) is 4.79 Å². The largest absolute Gasteiger partial charge is 0.462 e. The molecule has 0 spiro atoms. The van der Waals surface area contributed by atoms with Crippen molar-refractivity contribution in [3.05, 3.63) is 0 Å². The molecule has 3 nitrogen and oxygen atoms in total. The first-order valence-electron chi connectivity index (χ1n) is 5.93.